The van der Waals surface area contributed by atoms with Crippen molar-refractivity contribution < 1.29 is 24.5 Å². The van der Waals surface area contributed by atoms with Gasteiger partial charge in [-0.2, -0.15) is 0 Å². The van der Waals surface area contributed by atoms with Crippen LogP contribution in [0.4, 0.5) is 4.39 Å². The molecule has 3 N–H and O–H groups in total. The van der Waals surface area contributed by atoms with Gasteiger partial charge in [-0.3, -0.25) is 4.57 Å². The fourth-order valence-electron chi connectivity index (χ4n) is 3.04. The molecular weight excluding hydrogens is 375 g/mol. The minimum absolute atomic E-state index is 0.0217. The normalized spacial score (nSPS) is 10.8. The average Bonchev–Trinajstić information content (AvgIpc) is 3.15. The maximum Gasteiger partial charge on any atom is 0.335 e. The van der Waals surface area contributed by atoms with Gasteiger partial charge in [0.1, 0.15) is 23.1 Å². The lowest BCUT2D eigenvalue weighted by Gasteiger charge is -2.09. The average molecular weight is 390 g/mol. The van der Waals surface area contributed by atoms with Crippen molar-refractivity contribution in [2.24, 2.45) is 0 Å². The fourth-order valence-corrected chi connectivity index (χ4v) is 3.04. The summed E-state index contributed by atoms with van der Waals surface area (Å²) in [5, 5.41) is 29.5. The molecule has 0 aliphatic rings. The third-order valence-corrected chi connectivity index (χ3v) is 4.48. The number of para-hydroxylation sites is 1. The zero-order valence-corrected chi connectivity index (χ0v) is 15.0. The van der Waals surface area contributed by atoms with E-state index in [4.69, 9.17) is 5.11 Å². The maximum atomic E-state index is 13.8. The van der Waals surface area contributed by atoms with Crippen LogP contribution in [-0.4, -0.2) is 30.8 Å². The largest absolute Gasteiger partial charge is 0.507 e. The smallest absolute Gasteiger partial charge is 0.335 e. The number of imidazole rings is 1. The van der Waals surface area contributed by atoms with Gasteiger partial charge in [0.15, 0.2) is 0 Å². The van der Waals surface area contributed by atoms with Gasteiger partial charge in [0, 0.05) is 17.4 Å². The molecule has 0 radical (unpaired) electrons. The minimum atomic E-state index is -1.06. The lowest BCUT2D eigenvalue weighted by molar-refractivity contribution is 0.0697. The Bertz CT molecular complexity index is 1220. The predicted molar refractivity (Wildman–Crippen MR) is 105 cm³/mol. The molecular formula is C22H15FN2O4. The Hall–Kier alpha value is -4.13. The van der Waals surface area contributed by atoms with Gasteiger partial charge < -0.3 is 15.3 Å². The van der Waals surface area contributed by atoms with Crippen molar-refractivity contribution in [2.75, 3.05) is 0 Å². The number of aromatic carboxylic acids is 1. The van der Waals surface area contributed by atoms with Crippen molar-refractivity contribution in [3.8, 4) is 39.8 Å². The zero-order valence-electron chi connectivity index (χ0n) is 15.0. The van der Waals surface area contributed by atoms with Crippen LogP contribution >= 0.6 is 0 Å². The molecule has 0 aliphatic carbocycles. The summed E-state index contributed by atoms with van der Waals surface area (Å²) in [5.74, 6) is -1.50. The first-order valence-corrected chi connectivity index (χ1v) is 8.64. The Kier molecular flexibility index (Phi) is 4.48. The molecule has 0 unspecified atom stereocenters. The molecule has 3 aromatic carbocycles. The van der Waals surface area contributed by atoms with E-state index in [0.29, 0.717) is 16.9 Å². The summed E-state index contributed by atoms with van der Waals surface area (Å²) >= 11 is 0. The standard InChI is InChI=1S/C22H15FN2O4/c23-14-7-10-20(27)17(11-14)21-24-18(16-3-1-2-4-19(16)26)12-25(21)15-8-5-13(6-9-15)22(28)29/h1-12,26-27H,(H,28,29). The number of hydrogen-bond donors (Lipinski definition) is 3. The molecule has 0 saturated heterocycles. The molecule has 0 atom stereocenters. The van der Waals surface area contributed by atoms with Crippen molar-refractivity contribution >= 4 is 5.97 Å². The van der Waals surface area contributed by atoms with Crippen molar-refractivity contribution in [1.82, 2.24) is 9.55 Å². The summed E-state index contributed by atoms with van der Waals surface area (Å²) in [6.07, 6.45) is 1.63. The Labute approximate surface area is 164 Å². The predicted octanol–water partition coefficient (Wildman–Crippen LogP) is 4.45. The number of carboxylic acids is 1. The van der Waals surface area contributed by atoms with Crippen LogP contribution in [0.25, 0.3) is 28.3 Å². The number of carbonyl (C=O) groups is 1. The highest BCUT2D eigenvalue weighted by Gasteiger charge is 2.18. The van der Waals surface area contributed by atoms with Gasteiger partial charge in [-0.15, -0.1) is 0 Å². The number of nitrogens with zero attached hydrogens (tertiary/aromatic N) is 2. The Balaban J connectivity index is 1.94. The van der Waals surface area contributed by atoms with Crippen LogP contribution in [-0.2, 0) is 0 Å². The number of aromatic hydroxyl groups is 2. The van der Waals surface area contributed by atoms with Crippen molar-refractivity contribution in [3.05, 3.63) is 84.3 Å². The molecule has 0 saturated carbocycles. The number of carboxylic acid groups (broad SMARTS) is 1. The lowest BCUT2D eigenvalue weighted by Crippen LogP contribution is -1.99. The molecule has 1 heterocycles. The second kappa shape index (κ2) is 7.12. The molecule has 6 nitrogen and oxygen atoms in total. The third kappa shape index (κ3) is 3.41. The molecule has 0 amide bonds. The van der Waals surface area contributed by atoms with E-state index in [1.807, 2.05) is 0 Å². The molecule has 7 heteroatoms. The van der Waals surface area contributed by atoms with Gasteiger partial charge >= 0.3 is 5.97 Å². The minimum Gasteiger partial charge on any atom is -0.507 e. The summed E-state index contributed by atoms with van der Waals surface area (Å²) in [6.45, 7) is 0. The number of benzene rings is 3. The van der Waals surface area contributed by atoms with E-state index in [2.05, 4.69) is 4.98 Å². The SMILES string of the molecule is O=C(O)c1ccc(-n2cc(-c3ccccc3O)nc2-c2cc(F)ccc2O)cc1. The van der Waals surface area contributed by atoms with Crippen LogP contribution in [0, 0.1) is 5.82 Å². The first-order chi connectivity index (χ1) is 13.9. The highest BCUT2D eigenvalue weighted by atomic mass is 19.1. The molecule has 144 valence electrons. The Morgan fingerprint density at radius 3 is 2.28 bits per heavy atom. The number of hydrogen-bond acceptors (Lipinski definition) is 4. The van der Waals surface area contributed by atoms with Crippen LogP contribution < -0.4 is 0 Å². The summed E-state index contributed by atoms with van der Waals surface area (Å²) in [5.41, 5.74) is 1.70. The highest BCUT2D eigenvalue weighted by Crippen LogP contribution is 2.35. The van der Waals surface area contributed by atoms with Crippen LogP contribution in [0.2, 0.25) is 0 Å². The van der Waals surface area contributed by atoms with Crippen molar-refractivity contribution in [1.29, 1.82) is 0 Å². The van der Waals surface area contributed by atoms with Crippen molar-refractivity contribution in [3.63, 3.8) is 0 Å². The van der Waals surface area contributed by atoms with Gasteiger partial charge in [-0.05, 0) is 54.6 Å². The van der Waals surface area contributed by atoms with E-state index in [-0.39, 0.29) is 28.5 Å². The number of phenolic OH excluding ortho intramolecular Hbond substituents is 2. The van der Waals surface area contributed by atoms with Gasteiger partial charge in [0.25, 0.3) is 0 Å². The molecule has 1 aromatic heterocycles. The Morgan fingerprint density at radius 1 is 0.897 bits per heavy atom. The topological polar surface area (TPSA) is 95.6 Å². The summed E-state index contributed by atoms with van der Waals surface area (Å²) in [6, 6.07) is 16.2. The number of rotatable bonds is 4. The van der Waals surface area contributed by atoms with Crippen LogP contribution in [0.1, 0.15) is 10.4 Å². The summed E-state index contributed by atoms with van der Waals surface area (Å²) in [4.78, 5) is 15.6. The monoisotopic (exact) mass is 390 g/mol. The first-order valence-electron chi connectivity index (χ1n) is 8.64. The fraction of sp³-hybridized carbons (Fsp3) is 0. The van der Waals surface area contributed by atoms with Crippen LogP contribution in [0.5, 0.6) is 11.5 Å². The summed E-state index contributed by atoms with van der Waals surface area (Å²) < 4.78 is 15.4. The van der Waals surface area contributed by atoms with E-state index in [1.54, 1.807) is 41.1 Å². The van der Waals surface area contributed by atoms with Crippen LogP contribution in [0.3, 0.4) is 0 Å². The van der Waals surface area contributed by atoms with E-state index in [1.165, 1.54) is 24.3 Å². The van der Waals surface area contributed by atoms with Gasteiger partial charge in [-0.25, -0.2) is 14.2 Å². The van der Waals surface area contributed by atoms with E-state index < -0.39 is 11.8 Å². The maximum absolute atomic E-state index is 13.8. The molecule has 4 rings (SSSR count). The number of phenols is 2. The van der Waals surface area contributed by atoms with E-state index >= 15 is 0 Å². The molecule has 0 fully saturated rings. The van der Waals surface area contributed by atoms with E-state index in [0.717, 1.165) is 12.1 Å². The van der Waals surface area contributed by atoms with Gasteiger partial charge in [-0.1, -0.05) is 12.1 Å². The molecule has 29 heavy (non-hydrogen) atoms. The molecule has 0 bridgehead atoms. The Morgan fingerprint density at radius 2 is 1.59 bits per heavy atom. The lowest BCUT2D eigenvalue weighted by atomic mass is 10.1. The van der Waals surface area contributed by atoms with E-state index in [9.17, 15) is 19.4 Å². The molecule has 0 aliphatic heterocycles. The number of aromatic nitrogens is 2. The summed E-state index contributed by atoms with van der Waals surface area (Å²) in [7, 11) is 0. The highest BCUT2D eigenvalue weighted by molar-refractivity contribution is 5.87. The first kappa shape index (κ1) is 18.2. The molecule has 0 spiro atoms. The zero-order chi connectivity index (χ0) is 20.5. The van der Waals surface area contributed by atoms with Crippen LogP contribution in [0.15, 0.2) is 72.9 Å². The van der Waals surface area contributed by atoms with Gasteiger partial charge in [0.2, 0.25) is 0 Å². The quantitative estimate of drug-likeness (QED) is 0.478. The number of halogens is 1. The second-order valence-electron chi connectivity index (χ2n) is 6.35. The molecule has 4 aromatic rings. The second-order valence-corrected chi connectivity index (χ2v) is 6.35. The van der Waals surface area contributed by atoms with Crippen molar-refractivity contribution in [2.45, 2.75) is 0 Å². The van der Waals surface area contributed by atoms with Gasteiger partial charge in [0.05, 0.1) is 16.8 Å². The third-order valence-electron chi connectivity index (χ3n) is 4.48.